The lowest BCUT2D eigenvalue weighted by Gasteiger charge is -2.26. The molecule has 0 amide bonds. The highest BCUT2D eigenvalue weighted by Gasteiger charge is 2.21. The molecule has 0 radical (unpaired) electrons. The normalized spacial score (nSPS) is 11.4. The van der Waals surface area contributed by atoms with Crippen LogP contribution >= 0.6 is 15.9 Å². The van der Waals surface area contributed by atoms with Crippen LogP contribution in [0.4, 0.5) is 17.1 Å². The molecule has 0 bridgehead atoms. The zero-order valence-corrected chi connectivity index (χ0v) is 57.5. The van der Waals surface area contributed by atoms with Gasteiger partial charge in [-0.25, -0.2) is 0 Å². The summed E-state index contributed by atoms with van der Waals surface area (Å²) in [6.07, 6.45) is 0.905. The van der Waals surface area contributed by atoms with E-state index in [4.69, 9.17) is 17.7 Å². The molecule has 4 aromatic heterocycles. The quantitative estimate of drug-likeness (QED) is 0.129. The van der Waals surface area contributed by atoms with E-state index in [1.165, 1.54) is 61.2 Å². The van der Waals surface area contributed by atoms with Crippen molar-refractivity contribution in [3.8, 4) is 66.8 Å². The molecular formula is C97H64BrNO4. The minimum atomic E-state index is 0.863. The highest BCUT2D eigenvalue weighted by molar-refractivity contribution is 9.10. The maximum Gasteiger partial charge on any atom is 0.143 e. The standard InChI is InChI=1S/C48H31NO2.C37H26O.C12H7BrO/c1-2-10-32(11-3-1)33-20-22-34(23-21-33)35-24-28-37(29-25-35)49(43-16-9-19-46-47(43)42-13-5-7-18-45(42)50-46)38-30-26-36(27-31-38)39-14-8-15-41-40-12-4-6-17-44(40)51-48(39)41;1-2-7-28(8-3-1)30-21-23-31(24-22-30)29-17-13-26(14-18-29)25-27-15-19-32(20-16-27)33-10-6-11-35-34-9-4-5-12-36(34)38-37(33)35;13-9-5-3-7-11-12(9)8-4-1-2-6-10(8)14-11/h1-31H;1-24H,25H2;1-7H. The van der Waals surface area contributed by atoms with E-state index >= 15 is 0 Å². The number of anilines is 3. The summed E-state index contributed by atoms with van der Waals surface area (Å²) in [6.45, 7) is 0. The third kappa shape index (κ3) is 12.2. The highest BCUT2D eigenvalue weighted by atomic mass is 79.9. The van der Waals surface area contributed by atoms with Gasteiger partial charge in [0.25, 0.3) is 0 Å². The Hall–Kier alpha value is -13.0. The first-order chi connectivity index (χ1) is 51.0. The second-order valence-corrected chi connectivity index (χ2v) is 26.8. The number of hydrogen-bond acceptors (Lipinski definition) is 5. The fourth-order valence-corrected chi connectivity index (χ4v) is 15.0. The molecule has 0 saturated carbocycles. The SMILES string of the molecule is Brc1cccc2oc3ccccc3c12.c1ccc(-c2ccc(-c3ccc(Cc4ccc(-c5cccc6c5oc5ccccc56)cc4)cc3)cc2)cc1.c1ccc(-c2ccc(-c3ccc(N(c4ccc(-c5cccc6c5oc5ccccc56)cc4)c4cccc5oc6ccccc6c45)cc3)cc2)cc1. The van der Waals surface area contributed by atoms with Gasteiger partial charge in [0.05, 0.1) is 11.1 Å². The first-order valence-electron chi connectivity index (χ1n) is 34.7. The number of furan rings is 4. The molecule has 6 heteroatoms. The molecule has 0 spiro atoms. The lowest BCUT2D eigenvalue weighted by molar-refractivity contribution is 0.668. The van der Waals surface area contributed by atoms with Crippen molar-refractivity contribution in [3.05, 3.63) is 392 Å². The number of rotatable bonds is 11. The predicted molar refractivity (Wildman–Crippen MR) is 433 cm³/mol. The summed E-state index contributed by atoms with van der Waals surface area (Å²) in [5, 5.41) is 9.09. The lowest BCUT2D eigenvalue weighted by atomic mass is 9.97. The van der Waals surface area contributed by atoms with Gasteiger partial charge in [0, 0.05) is 64.7 Å². The fraction of sp³-hybridized carbons (Fsp3) is 0.0103. The molecule has 0 aliphatic carbocycles. The first kappa shape index (κ1) is 62.3. The summed E-state index contributed by atoms with van der Waals surface area (Å²) in [6, 6.07) is 132. The number of hydrogen-bond donors (Lipinski definition) is 0. The third-order valence-electron chi connectivity index (χ3n) is 19.6. The molecule has 488 valence electrons. The Morgan fingerprint density at radius 3 is 0.961 bits per heavy atom. The Balaban J connectivity index is 0.000000127. The molecule has 0 aliphatic rings. The maximum absolute atomic E-state index is 6.39. The summed E-state index contributed by atoms with van der Waals surface area (Å²) in [5.74, 6) is 0. The molecule has 0 aliphatic heterocycles. The van der Waals surface area contributed by atoms with E-state index in [1.54, 1.807) is 0 Å². The maximum atomic E-state index is 6.39. The summed E-state index contributed by atoms with van der Waals surface area (Å²) in [4.78, 5) is 2.33. The van der Waals surface area contributed by atoms with Crippen LogP contribution in [-0.4, -0.2) is 0 Å². The summed E-state index contributed by atoms with van der Waals surface area (Å²) >= 11 is 3.54. The van der Waals surface area contributed by atoms with Crippen LogP contribution in [0.1, 0.15) is 11.1 Å². The van der Waals surface area contributed by atoms with Crippen molar-refractivity contribution < 1.29 is 17.7 Å². The zero-order valence-electron chi connectivity index (χ0n) is 56.0. The molecule has 4 heterocycles. The van der Waals surface area contributed by atoms with E-state index in [2.05, 4.69) is 324 Å². The van der Waals surface area contributed by atoms with Gasteiger partial charge in [-0.05, 0) is 146 Å². The van der Waals surface area contributed by atoms with Crippen LogP contribution in [0, 0.1) is 0 Å². The number of halogens is 1. The van der Waals surface area contributed by atoms with Gasteiger partial charge in [-0.3, -0.25) is 0 Å². The van der Waals surface area contributed by atoms with Crippen molar-refractivity contribution in [1.82, 2.24) is 0 Å². The Kier molecular flexibility index (Phi) is 16.5. The molecule has 0 saturated heterocycles. The number of benzene rings is 16. The van der Waals surface area contributed by atoms with Gasteiger partial charge in [-0.15, -0.1) is 0 Å². The van der Waals surface area contributed by atoms with E-state index in [9.17, 15) is 0 Å². The Bertz CT molecular complexity index is 6410. The molecule has 16 aromatic carbocycles. The molecule has 20 aromatic rings. The number of para-hydroxylation sites is 6. The smallest absolute Gasteiger partial charge is 0.143 e. The minimum Gasteiger partial charge on any atom is -0.456 e. The topological polar surface area (TPSA) is 55.8 Å². The van der Waals surface area contributed by atoms with Crippen molar-refractivity contribution in [2.45, 2.75) is 6.42 Å². The average molecular weight is 1390 g/mol. The molecule has 20 rings (SSSR count). The van der Waals surface area contributed by atoms with Gasteiger partial charge < -0.3 is 22.6 Å². The van der Waals surface area contributed by atoms with Crippen LogP contribution in [0.5, 0.6) is 0 Å². The summed E-state index contributed by atoms with van der Waals surface area (Å²) < 4.78 is 25.8. The monoisotopic (exact) mass is 1390 g/mol. The predicted octanol–water partition coefficient (Wildman–Crippen LogP) is 28.5. The van der Waals surface area contributed by atoms with Gasteiger partial charge in [0.15, 0.2) is 0 Å². The Labute approximate surface area is 604 Å². The first-order valence-corrected chi connectivity index (χ1v) is 35.5. The molecule has 0 fully saturated rings. The van der Waals surface area contributed by atoms with Gasteiger partial charge >= 0.3 is 0 Å². The molecule has 0 unspecified atom stereocenters. The van der Waals surface area contributed by atoms with E-state index < -0.39 is 0 Å². The lowest BCUT2D eigenvalue weighted by Crippen LogP contribution is -2.10. The van der Waals surface area contributed by atoms with Gasteiger partial charge in [-0.1, -0.05) is 319 Å². The van der Waals surface area contributed by atoms with Crippen molar-refractivity contribution in [2.24, 2.45) is 0 Å². The van der Waals surface area contributed by atoms with Crippen molar-refractivity contribution >= 4 is 121 Å². The molecule has 103 heavy (non-hydrogen) atoms. The van der Waals surface area contributed by atoms with E-state index in [1.807, 2.05) is 72.8 Å². The van der Waals surface area contributed by atoms with Gasteiger partial charge in [0.2, 0.25) is 0 Å². The van der Waals surface area contributed by atoms with E-state index in [-0.39, 0.29) is 0 Å². The van der Waals surface area contributed by atoms with Crippen LogP contribution < -0.4 is 4.90 Å². The second kappa shape index (κ2) is 27.3. The van der Waals surface area contributed by atoms with Crippen molar-refractivity contribution in [2.75, 3.05) is 4.90 Å². The van der Waals surface area contributed by atoms with Gasteiger partial charge in [0.1, 0.15) is 44.7 Å². The Morgan fingerprint density at radius 2 is 0.515 bits per heavy atom. The molecule has 5 nitrogen and oxygen atoms in total. The summed E-state index contributed by atoms with van der Waals surface area (Å²) in [5.41, 5.74) is 27.3. The zero-order chi connectivity index (χ0) is 68.6. The average Bonchev–Trinajstić information content (AvgIpc) is 1.63. The van der Waals surface area contributed by atoms with Crippen LogP contribution in [0.15, 0.2) is 398 Å². The van der Waals surface area contributed by atoms with Crippen molar-refractivity contribution in [1.29, 1.82) is 0 Å². The largest absolute Gasteiger partial charge is 0.456 e. The van der Waals surface area contributed by atoms with Crippen molar-refractivity contribution in [3.63, 3.8) is 0 Å². The van der Waals surface area contributed by atoms with Crippen LogP contribution in [-0.2, 0) is 6.42 Å². The molecule has 0 N–H and O–H groups in total. The fourth-order valence-electron chi connectivity index (χ4n) is 14.5. The highest BCUT2D eigenvalue weighted by Crippen LogP contribution is 2.45. The van der Waals surface area contributed by atoms with Crippen LogP contribution in [0.25, 0.3) is 155 Å². The number of fused-ring (bicyclic) bond motifs is 12. The molecule has 0 atom stereocenters. The summed E-state index contributed by atoms with van der Waals surface area (Å²) in [7, 11) is 0. The van der Waals surface area contributed by atoms with Gasteiger partial charge in [-0.2, -0.15) is 0 Å². The molecular weight excluding hydrogens is 1320 g/mol. The Morgan fingerprint density at radius 1 is 0.214 bits per heavy atom. The van der Waals surface area contributed by atoms with Crippen LogP contribution in [0.2, 0.25) is 0 Å². The van der Waals surface area contributed by atoms with Crippen LogP contribution in [0.3, 0.4) is 0 Å². The van der Waals surface area contributed by atoms with E-state index in [0.717, 1.165) is 132 Å². The second-order valence-electron chi connectivity index (χ2n) is 25.9. The third-order valence-corrected chi connectivity index (χ3v) is 20.3. The van der Waals surface area contributed by atoms with E-state index in [0.29, 0.717) is 0 Å². The minimum absolute atomic E-state index is 0.863. The number of nitrogens with zero attached hydrogens (tertiary/aromatic N) is 1.